The van der Waals surface area contributed by atoms with Crippen molar-refractivity contribution in [1.29, 1.82) is 0 Å². The van der Waals surface area contributed by atoms with E-state index in [1.807, 2.05) is 13.8 Å². The summed E-state index contributed by atoms with van der Waals surface area (Å²) in [6, 6.07) is 2.18. The number of carbonyl (C=O) groups is 3. The number of benzene rings is 1. The molecule has 3 N–H and O–H groups in total. The van der Waals surface area contributed by atoms with Gasteiger partial charge in [0.25, 0.3) is 0 Å². The molecular formula is C17H23FN2O5. The monoisotopic (exact) mass is 354 g/mol. The van der Waals surface area contributed by atoms with Gasteiger partial charge in [-0.2, -0.15) is 0 Å². The van der Waals surface area contributed by atoms with E-state index in [2.05, 4.69) is 10.6 Å². The zero-order chi connectivity index (χ0) is 19.0. The van der Waals surface area contributed by atoms with Crippen molar-refractivity contribution in [1.82, 2.24) is 10.6 Å². The Labute approximate surface area is 145 Å². The molecule has 0 aliphatic carbocycles. The number of carboxylic acid groups (broad SMARTS) is 1. The molecule has 0 saturated carbocycles. The van der Waals surface area contributed by atoms with Crippen molar-refractivity contribution in [2.45, 2.75) is 32.7 Å². The smallest absolute Gasteiger partial charge is 0.330 e. The molecule has 0 saturated heterocycles. The van der Waals surface area contributed by atoms with E-state index in [9.17, 15) is 23.9 Å². The number of hydrogen-bond donors (Lipinski definition) is 3. The number of carboxylic acids is 1. The maximum Gasteiger partial charge on any atom is 0.330 e. The number of nitrogens with one attached hydrogen (secondary N) is 2. The van der Waals surface area contributed by atoms with Gasteiger partial charge in [0.05, 0.1) is 13.7 Å². The highest BCUT2D eigenvalue weighted by Crippen LogP contribution is 2.22. The van der Waals surface area contributed by atoms with Crippen molar-refractivity contribution >= 4 is 17.8 Å². The minimum Gasteiger partial charge on any atom is -0.494 e. The van der Waals surface area contributed by atoms with Gasteiger partial charge in [0.15, 0.2) is 17.6 Å². The second-order valence-electron chi connectivity index (χ2n) is 5.94. The van der Waals surface area contributed by atoms with Crippen LogP contribution in [0, 0.1) is 11.7 Å². The highest BCUT2D eigenvalue weighted by Gasteiger charge is 2.23. The molecule has 0 aliphatic rings. The van der Waals surface area contributed by atoms with E-state index >= 15 is 0 Å². The lowest BCUT2D eigenvalue weighted by molar-refractivity contribution is -0.142. The van der Waals surface area contributed by atoms with E-state index in [4.69, 9.17) is 4.74 Å². The SMILES string of the molecule is COc1ccc(C(NC(=O)CNC(=O)CCC(C)C)C(=O)O)cc1F. The van der Waals surface area contributed by atoms with E-state index in [1.54, 1.807) is 0 Å². The maximum absolute atomic E-state index is 13.7. The van der Waals surface area contributed by atoms with E-state index in [0.29, 0.717) is 12.3 Å². The van der Waals surface area contributed by atoms with Crippen LogP contribution in [0.3, 0.4) is 0 Å². The standard InChI is InChI=1S/C17H23FN2O5/c1-10(2)4-7-14(21)19-9-15(22)20-16(17(23)24)11-5-6-13(25-3)12(18)8-11/h5-6,8,10,16H,4,7,9H2,1-3H3,(H,19,21)(H,20,22)(H,23,24). The van der Waals surface area contributed by atoms with Gasteiger partial charge in [0, 0.05) is 6.42 Å². The van der Waals surface area contributed by atoms with Crippen LogP contribution in [0.4, 0.5) is 4.39 Å². The van der Waals surface area contributed by atoms with Crippen LogP contribution in [0.15, 0.2) is 18.2 Å². The van der Waals surface area contributed by atoms with Gasteiger partial charge in [-0.05, 0) is 30.0 Å². The average Bonchev–Trinajstić information content (AvgIpc) is 2.55. The summed E-state index contributed by atoms with van der Waals surface area (Å²) in [6.45, 7) is 3.61. The Kier molecular flexibility index (Phi) is 7.84. The van der Waals surface area contributed by atoms with Gasteiger partial charge in [-0.1, -0.05) is 19.9 Å². The zero-order valence-electron chi connectivity index (χ0n) is 14.5. The zero-order valence-corrected chi connectivity index (χ0v) is 14.5. The molecule has 1 unspecified atom stereocenters. The Bertz CT molecular complexity index is 633. The van der Waals surface area contributed by atoms with Crippen molar-refractivity contribution in [3.8, 4) is 5.75 Å². The number of amides is 2. The molecule has 7 nitrogen and oxygen atoms in total. The van der Waals surface area contributed by atoms with Gasteiger partial charge in [-0.3, -0.25) is 9.59 Å². The van der Waals surface area contributed by atoms with Crippen LogP contribution in [-0.4, -0.2) is 36.5 Å². The summed E-state index contributed by atoms with van der Waals surface area (Å²) in [5, 5.41) is 13.9. The molecule has 0 aromatic heterocycles. The molecule has 2 amide bonds. The predicted molar refractivity (Wildman–Crippen MR) is 88.6 cm³/mol. The van der Waals surface area contributed by atoms with Gasteiger partial charge < -0.3 is 20.5 Å². The quantitative estimate of drug-likeness (QED) is 0.625. The summed E-state index contributed by atoms with van der Waals surface area (Å²) in [5.41, 5.74) is 0.0604. The highest BCUT2D eigenvalue weighted by atomic mass is 19.1. The summed E-state index contributed by atoms with van der Waals surface area (Å²) < 4.78 is 18.5. The lowest BCUT2D eigenvalue weighted by Crippen LogP contribution is -2.41. The van der Waals surface area contributed by atoms with E-state index in [1.165, 1.54) is 19.2 Å². The minimum atomic E-state index is -1.43. The van der Waals surface area contributed by atoms with Gasteiger partial charge in [0.1, 0.15) is 0 Å². The van der Waals surface area contributed by atoms with Crippen molar-refractivity contribution < 1.29 is 28.6 Å². The van der Waals surface area contributed by atoms with Crippen LogP contribution in [-0.2, 0) is 14.4 Å². The number of methoxy groups -OCH3 is 1. The van der Waals surface area contributed by atoms with Crippen LogP contribution in [0.1, 0.15) is 38.3 Å². The summed E-state index contributed by atoms with van der Waals surface area (Å²) in [5.74, 6) is -2.71. The van der Waals surface area contributed by atoms with Crippen LogP contribution >= 0.6 is 0 Å². The van der Waals surface area contributed by atoms with Gasteiger partial charge in [-0.15, -0.1) is 0 Å². The number of carbonyl (C=O) groups excluding carboxylic acids is 2. The fourth-order valence-electron chi connectivity index (χ4n) is 2.05. The molecule has 1 atom stereocenters. The molecule has 8 heteroatoms. The summed E-state index contributed by atoms with van der Waals surface area (Å²) in [7, 11) is 1.29. The van der Waals surface area contributed by atoms with E-state index in [0.717, 1.165) is 6.07 Å². The molecule has 1 aromatic carbocycles. The fourth-order valence-corrected chi connectivity index (χ4v) is 2.05. The molecule has 0 spiro atoms. The Morgan fingerprint density at radius 1 is 1.24 bits per heavy atom. The summed E-state index contributed by atoms with van der Waals surface area (Å²) >= 11 is 0. The number of aliphatic carboxylic acids is 1. The Morgan fingerprint density at radius 2 is 1.92 bits per heavy atom. The Balaban J connectivity index is 2.66. The van der Waals surface area contributed by atoms with Gasteiger partial charge in [0.2, 0.25) is 11.8 Å². The number of hydrogen-bond acceptors (Lipinski definition) is 4. The third kappa shape index (κ3) is 6.78. The third-order valence-corrected chi connectivity index (χ3v) is 3.46. The first-order valence-electron chi connectivity index (χ1n) is 7.87. The van der Waals surface area contributed by atoms with Crippen LogP contribution < -0.4 is 15.4 Å². The summed E-state index contributed by atoms with van der Waals surface area (Å²) in [4.78, 5) is 34.8. The molecule has 0 radical (unpaired) electrons. The number of rotatable bonds is 9. The molecule has 25 heavy (non-hydrogen) atoms. The van der Waals surface area contributed by atoms with Crippen molar-refractivity contribution in [2.75, 3.05) is 13.7 Å². The largest absolute Gasteiger partial charge is 0.494 e. The highest BCUT2D eigenvalue weighted by molar-refractivity contribution is 5.88. The third-order valence-electron chi connectivity index (χ3n) is 3.46. The van der Waals surface area contributed by atoms with Crippen molar-refractivity contribution in [2.24, 2.45) is 5.92 Å². The Morgan fingerprint density at radius 3 is 2.44 bits per heavy atom. The average molecular weight is 354 g/mol. The van der Waals surface area contributed by atoms with Gasteiger partial charge >= 0.3 is 5.97 Å². The minimum absolute atomic E-state index is 0.0309. The predicted octanol–water partition coefficient (Wildman–Crippen LogP) is 1.63. The first-order chi connectivity index (χ1) is 11.7. The van der Waals surface area contributed by atoms with Crippen molar-refractivity contribution in [3.63, 3.8) is 0 Å². The molecule has 0 heterocycles. The molecule has 0 aliphatic heterocycles. The Hall–Kier alpha value is -2.64. The topological polar surface area (TPSA) is 105 Å². The number of ether oxygens (including phenoxy) is 1. The normalized spacial score (nSPS) is 11.7. The van der Waals surface area contributed by atoms with E-state index in [-0.39, 0.29) is 30.2 Å². The molecule has 1 rings (SSSR count). The molecule has 138 valence electrons. The van der Waals surface area contributed by atoms with Crippen LogP contribution in [0.25, 0.3) is 0 Å². The van der Waals surface area contributed by atoms with Crippen molar-refractivity contribution in [3.05, 3.63) is 29.6 Å². The first-order valence-corrected chi connectivity index (χ1v) is 7.87. The first kappa shape index (κ1) is 20.4. The van der Waals surface area contributed by atoms with E-state index < -0.39 is 23.7 Å². The molecule has 0 bridgehead atoms. The maximum atomic E-state index is 13.7. The second kappa shape index (κ2) is 9.61. The lowest BCUT2D eigenvalue weighted by atomic mass is 10.1. The fraction of sp³-hybridized carbons (Fsp3) is 0.471. The number of halogens is 1. The summed E-state index contributed by atoms with van der Waals surface area (Å²) in [6.07, 6.45) is 0.979. The van der Waals surface area contributed by atoms with Crippen LogP contribution in [0.5, 0.6) is 5.75 Å². The second-order valence-corrected chi connectivity index (χ2v) is 5.94. The van der Waals surface area contributed by atoms with Gasteiger partial charge in [-0.25, -0.2) is 9.18 Å². The molecule has 1 aromatic rings. The molecular weight excluding hydrogens is 331 g/mol. The molecule has 0 fully saturated rings. The van der Waals surface area contributed by atoms with Crippen LogP contribution in [0.2, 0.25) is 0 Å². The lowest BCUT2D eigenvalue weighted by Gasteiger charge is -2.16.